The number of anilines is 1. The SMILES string of the molecule is COc1ccc(-c2csc(NC(=O)c3cccc(F)c3)n2)cc1Br. The fraction of sp³-hybridized carbons (Fsp3) is 0.0588. The molecular weight excluding hydrogens is 395 g/mol. The van der Waals surface area contributed by atoms with Gasteiger partial charge in [0.05, 0.1) is 17.3 Å². The van der Waals surface area contributed by atoms with E-state index in [0.29, 0.717) is 5.13 Å². The van der Waals surface area contributed by atoms with Crippen LogP contribution in [-0.2, 0) is 0 Å². The van der Waals surface area contributed by atoms with Crippen molar-refractivity contribution in [1.82, 2.24) is 4.98 Å². The molecule has 4 nitrogen and oxygen atoms in total. The first-order chi connectivity index (χ1) is 11.6. The number of carbonyl (C=O) groups is 1. The average molecular weight is 407 g/mol. The standard InChI is InChI=1S/C17H12BrFN2O2S/c1-23-15-6-5-10(8-13(15)18)14-9-24-17(20-14)21-16(22)11-3-2-4-12(19)7-11/h2-9H,1H3,(H,20,21,22). The van der Waals surface area contributed by atoms with Gasteiger partial charge in [0.15, 0.2) is 5.13 Å². The molecule has 1 heterocycles. The number of methoxy groups -OCH3 is 1. The van der Waals surface area contributed by atoms with Crippen LogP contribution in [0.15, 0.2) is 52.3 Å². The van der Waals surface area contributed by atoms with Crippen LogP contribution in [0.5, 0.6) is 5.75 Å². The Hall–Kier alpha value is -2.25. The van der Waals surface area contributed by atoms with Crippen LogP contribution in [0.4, 0.5) is 9.52 Å². The number of carbonyl (C=O) groups excluding carboxylic acids is 1. The number of nitrogens with one attached hydrogen (secondary N) is 1. The highest BCUT2D eigenvalue weighted by molar-refractivity contribution is 9.10. The van der Waals surface area contributed by atoms with E-state index in [9.17, 15) is 9.18 Å². The molecule has 0 bridgehead atoms. The highest BCUT2D eigenvalue weighted by Crippen LogP contribution is 2.32. The molecule has 2 aromatic carbocycles. The van der Waals surface area contributed by atoms with Crippen molar-refractivity contribution in [1.29, 1.82) is 0 Å². The van der Waals surface area contributed by atoms with Crippen LogP contribution in [0.1, 0.15) is 10.4 Å². The van der Waals surface area contributed by atoms with Crippen LogP contribution >= 0.6 is 27.3 Å². The van der Waals surface area contributed by atoms with Crippen molar-refractivity contribution in [3.8, 4) is 17.0 Å². The summed E-state index contributed by atoms with van der Waals surface area (Å²) in [5, 5.41) is 4.97. The topological polar surface area (TPSA) is 51.2 Å². The van der Waals surface area contributed by atoms with E-state index in [0.717, 1.165) is 21.5 Å². The zero-order chi connectivity index (χ0) is 17.1. The van der Waals surface area contributed by atoms with Gasteiger partial charge < -0.3 is 4.74 Å². The number of hydrogen-bond donors (Lipinski definition) is 1. The highest BCUT2D eigenvalue weighted by Gasteiger charge is 2.11. The fourth-order valence-corrected chi connectivity index (χ4v) is 3.34. The zero-order valence-corrected chi connectivity index (χ0v) is 14.9. The van der Waals surface area contributed by atoms with Gasteiger partial charge in [-0.1, -0.05) is 6.07 Å². The Balaban J connectivity index is 1.78. The molecule has 0 saturated carbocycles. The van der Waals surface area contributed by atoms with Gasteiger partial charge in [0, 0.05) is 16.5 Å². The Labute approximate surface area is 150 Å². The molecule has 0 aliphatic rings. The molecule has 122 valence electrons. The third kappa shape index (κ3) is 3.63. The average Bonchev–Trinajstić information content (AvgIpc) is 3.03. The lowest BCUT2D eigenvalue weighted by Crippen LogP contribution is -2.11. The Morgan fingerprint density at radius 2 is 2.12 bits per heavy atom. The number of ether oxygens (including phenoxy) is 1. The van der Waals surface area contributed by atoms with Gasteiger partial charge >= 0.3 is 0 Å². The Morgan fingerprint density at radius 1 is 1.29 bits per heavy atom. The lowest BCUT2D eigenvalue weighted by Gasteiger charge is -2.04. The maximum absolute atomic E-state index is 13.2. The summed E-state index contributed by atoms with van der Waals surface area (Å²) in [7, 11) is 1.60. The van der Waals surface area contributed by atoms with Crippen LogP contribution in [0, 0.1) is 5.82 Å². The molecule has 1 N–H and O–H groups in total. The Bertz CT molecular complexity index is 898. The molecule has 0 aliphatic heterocycles. The molecule has 3 aromatic rings. The summed E-state index contributed by atoms with van der Waals surface area (Å²) in [6.45, 7) is 0. The third-order valence-corrected chi connectivity index (χ3v) is 4.64. The van der Waals surface area contributed by atoms with Gasteiger partial charge in [-0.25, -0.2) is 9.37 Å². The third-order valence-electron chi connectivity index (χ3n) is 3.26. The summed E-state index contributed by atoms with van der Waals surface area (Å²) in [6.07, 6.45) is 0. The number of rotatable bonds is 4. The summed E-state index contributed by atoms with van der Waals surface area (Å²) in [5.74, 6) is -0.120. The summed E-state index contributed by atoms with van der Waals surface area (Å²) in [6, 6.07) is 11.1. The van der Waals surface area contributed by atoms with Crippen molar-refractivity contribution in [2.75, 3.05) is 12.4 Å². The van der Waals surface area contributed by atoms with Crippen molar-refractivity contribution in [3.05, 3.63) is 63.7 Å². The lowest BCUT2D eigenvalue weighted by atomic mass is 10.2. The molecule has 0 radical (unpaired) electrons. The van der Waals surface area contributed by atoms with E-state index in [1.165, 1.54) is 29.5 Å². The van der Waals surface area contributed by atoms with Crippen molar-refractivity contribution >= 4 is 38.3 Å². The molecule has 3 rings (SSSR count). The number of halogens is 2. The monoisotopic (exact) mass is 406 g/mol. The van der Waals surface area contributed by atoms with Gasteiger partial charge in [-0.05, 0) is 52.3 Å². The van der Waals surface area contributed by atoms with Gasteiger partial charge in [0.25, 0.3) is 5.91 Å². The molecule has 0 aliphatic carbocycles. The molecule has 7 heteroatoms. The van der Waals surface area contributed by atoms with Crippen LogP contribution in [0.2, 0.25) is 0 Å². The number of benzene rings is 2. The van der Waals surface area contributed by atoms with Gasteiger partial charge in [-0.3, -0.25) is 10.1 Å². The summed E-state index contributed by atoms with van der Waals surface area (Å²) >= 11 is 4.74. The minimum atomic E-state index is -0.453. The maximum atomic E-state index is 13.2. The zero-order valence-electron chi connectivity index (χ0n) is 12.5. The Kier molecular flexibility index (Phi) is 4.92. The van der Waals surface area contributed by atoms with E-state index in [-0.39, 0.29) is 5.56 Å². The minimum Gasteiger partial charge on any atom is -0.496 e. The van der Waals surface area contributed by atoms with Gasteiger partial charge in [0.2, 0.25) is 0 Å². The molecule has 0 spiro atoms. The van der Waals surface area contributed by atoms with E-state index in [4.69, 9.17) is 4.74 Å². The normalized spacial score (nSPS) is 10.5. The molecular formula is C17H12BrFN2O2S. The van der Waals surface area contributed by atoms with E-state index in [1.807, 2.05) is 23.6 Å². The molecule has 0 atom stereocenters. The number of thiazole rings is 1. The second-order valence-corrected chi connectivity index (χ2v) is 6.56. The van der Waals surface area contributed by atoms with Crippen LogP contribution in [0.3, 0.4) is 0 Å². The second-order valence-electron chi connectivity index (χ2n) is 4.85. The second kappa shape index (κ2) is 7.11. The molecule has 0 saturated heterocycles. The van der Waals surface area contributed by atoms with Crippen molar-refractivity contribution < 1.29 is 13.9 Å². The minimum absolute atomic E-state index is 0.249. The van der Waals surface area contributed by atoms with E-state index in [2.05, 4.69) is 26.2 Å². The smallest absolute Gasteiger partial charge is 0.257 e. The van der Waals surface area contributed by atoms with E-state index >= 15 is 0 Å². The predicted molar refractivity (Wildman–Crippen MR) is 96.2 cm³/mol. The molecule has 0 unspecified atom stereocenters. The number of hydrogen-bond acceptors (Lipinski definition) is 4. The van der Waals surface area contributed by atoms with Crippen molar-refractivity contribution in [3.63, 3.8) is 0 Å². The number of amides is 1. The summed E-state index contributed by atoms with van der Waals surface area (Å²) < 4.78 is 19.2. The fourth-order valence-electron chi connectivity index (χ4n) is 2.09. The molecule has 1 amide bonds. The molecule has 24 heavy (non-hydrogen) atoms. The first kappa shape index (κ1) is 16.6. The van der Waals surface area contributed by atoms with Crippen molar-refractivity contribution in [2.45, 2.75) is 0 Å². The van der Waals surface area contributed by atoms with E-state index < -0.39 is 11.7 Å². The van der Waals surface area contributed by atoms with Gasteiger partial charge in [-0.15, -0.1) is 11.3 Å². The molecule has 0 fully saturated rings. The van der Waals surface area contributed by atoms with Crippen LogP contribution < -0.4 is 10.1 Å². The van der Waals surface area contributed by atoms with Gasteiger partial charge in [0.1, 0.15) is 11.6 Å². The van der Waals surface area contributed by atoms with Crippen LogP contribution in [-0.4, -0.2) is 18.0 Å². The van der Waals surface area contributed by atoms with Crippen molar-refractivity contribution in [2.24, 2.45) is 0 Å². The molecule has 1 aromatic heterocycles. The lowest BCUT2D eigenvalue weighted by molar-refractivity contribution is 0.102. The summed E-state index contributed by atoms with van der Waals surface area (Å²) in [5.41, 5.74) is 1.88. The quantitative estimate of drug-likeness (QED) is 0.664. The first-order valence-electron chi connectivity index (χ1n) is 6.93. The number of nitrogens with zero attached hydrogens (tertiary/aromatic N) is 1. The van der Waals surface area contributed by atoms with E-state index in [1.54, 1.807) is 13.2 Å². The predicted octanol–water partition coefficient (Wildman–Crippen LogP) is 4.97. The Morgan fingerprint density at radius 3 is 2.83 bits per heavy atom. The number of aromatic nitrogens is 1. The summed E-state index contributed by atoms with van der Waals surface area (Å²) in [4.78, 5) is 16.5. The first-order valence-corrected chi connectivity index (χ1v) is 8.60. The van der Waals surface area contributed by atoms with Gasteiger partial charge in [-0.2, -0.15) is 0 Å². The largest absolute Gasteiger partial charge is 0.496 e. The van der Waals surface area contributed by atoms with Crippen LogP contribution in [0.25, 0.3) is 11.3 Å². The maximum Gasteiger partial charge on any atom is 0.257 e. The highest BCUT2D eigenvalue weighted by atomic mass is 79.9.